The van der Waals surface area contributed by atoms with E-state index in [1.807, 2.05) is 39.0 Å². The van der Waals surface area contributed by atoms with Crippen molar-refractivity contribution < 1.29 is 19.7 Å². The molecule has 0 bridgehead atoms. The normalized spacial score (nSPS) is 15.6. The van der Waals surface area contributed by atoms with E-state index < -0.39 is 17.7 Å². The van der Waals surface area contributed by atoms with Crippen LogP contribution in [0.25, 0.3) is 0 Å². The molecule has 0 aliphatic rings. The molecule has 0 amide bonds. The van der Waals surface area contributed by atoms with Gasteiger partial charge in [-0.1, -0.05) is 31.5 Å². The Morgan fingerprint density at radius 1 is 1.11 bits per heavy atom. The van der Waals surface area contributed by atoms with Crippen LogP contribution in [0.4, 0.5) is 0 Å². The number of hydrogen-bond acceptors (Lipinski definition) is 6. The SMILES string of the molecule is CCCC(O)(c1ccc(C)nc1)C(N)C(O)COc1ccccc1OCC. The van der Waals surface area contributed by atoms with Crippen LogP contribution in [0.5, 0.6) is 11.5 Å². The Kier molecular flexibility index (Phi) is 7.59. The number of hydrogen-bond donors (Lipinski definition) is 3. The van der Waals surface area contributed by atoms with Crippen LogP contribution in [-0.4, -0.2) is 40.6 Å². The van der Waals surface area contributed by atoms with Gasteiger partial charge in [-0.05, 0) is 38.5 Å². The lowest BCUT2D eigenvalue weighted by Crippen LogP contribution is -2.54. The minimum absolute atomic E-state index is 0.0590. The Balaban J connectivity index is 2.13. The summed E-state index contributed by atoms with van der Waals surface area (Å²) in [6.07, 6.45) is 1.66. The van der Waals surface area contributed by atoms with Gasteiger partial charge in [0.1, 0.15) is 18.3 Å². The van der Waals surface area contributed by atoms with E-state index in [1.165, 1.54) is 0 Å². The second-order valence-corrected chi connectivity index (χ2v) is 6.65. The molecule has 1 aromatic carbocycles. The van der Waals surface area contributed by atoms with E-state index in [2.05, 4.69) is 4.98 Å². The molecule has 1 aromatic heterocycles. The maximum absolute atomic E-state index is 11.2. The number of nitrogens with zero attached hydrogens (tertiary/aromatic N) is 1. The van der Waals surface area contributed by atoms with Gasteiger partial charge in [0, 0.05) is 17.5 Å². The summed E-state index contributed by atoms with van der Waals surface area (Å²) < 4.78 is 11.2. The summed E-state index contributed by atoms with van der Waals surface area (Å²) in [4.78, 5) is 4.25. The number of aliphatic hydroxyl groups is 2. The van der Waals surface area contributed by atoms with Crippen LogP contribution in [-0.2, 0) is 5.60 Å². The van der Waals surface area contributed by atoms with Crippen molar-refractivity contribution in [2.24, 2.45) is 5.73 Å². The third kappa shape index (κ3) is 5.19. The van der Waals surface area contributed by atoms with E-state index >= 15 is 0 Å². The van der Waals surface area contributed by atoms with Gasteiger partial charge in [-0.15, -0.1) is 0 Å². The number of nitrogens with two attached hydrogens (primary N) is 1. The molecule has 27 heavy (non-hydrogen) atoms. The Hall–Kier alpha value is -2.15. The molecule has 0 saturated carbocycles. The second kappa shape index (κ2) is 9.69. The van der Waals surface area contributed by atoms with Crippen LogP contribution in [0.3, 0.4) is 0 Å². The lowest BCUT2D eigenvalue weighted by Gasteiger charge is -2.36. The molecule has 6 heteroatoms. The van der Waals surface area contributed by atoms with Crippen molar-refractivity contribution >= 4 is 0 Å². The topological polar surface area (TPSA) is 97.8 Å². The van der Waals surface area contributed by atoms with Crippen LogP contribution in [0, 0.1) is 6.92 Å². The molecule has 148 valence electrons. The van der Waals surface area contributed by atoms with E-state index in [0.717, 1.165) is 5.69 Å². The zero-order chi connectivity index (χ0) is 19.9. The maximum atomic E-state index is 11.2. The van der Waals surface area contributed by atoms with Gasteiger partial charge in [-0.25, -0.2) is 0 Å². The van der Waals surface area contributed by atoms with Crippen LogP contribution < -0.4 is 15.2 Å². The molecule has 6 nitrogen and oxygen atoms in total. The quantitative estimate of drug-likeness (QED) is 0.591. The molecule has 0 radical (unpaired) electrons. The number of para-hydroxylation sites is 2. The highest BCUT2D eigenvalue weighted by Crippen LogP contribution is 2.32. The van der Waals surface area contributed by atoms with Gasteiger partial charge in [-0.3, -0.25) is 4.98 Å². The van der Waals surface area contributed by atoms with Crippen molar-refractivity contribution in [3.05, 3.63) is 53.9 Å². The predicted molar refractivity (Wildman–Crippen MR) is 105 cm³/mol. The zero-order valence-corrected chi connectivity index (χ0v) is 16.3. The predicted octanol–water partition coefficient (Wildman–Crippen LogP) is 2.54. The Morgan fingerprint density at radius 3 is 2.33 bits per heavy atom. The van der Waals surface area contributed by atoms with E-state index in [-0.39, 0.29) is 6.61 Å². The highest BCUT2D eigenvalue weighted by Gasteiger charge is 2.40. The minimum atomic E-state index is -1.39. The molecule has 2 aromatic rings. The van der Waals surface area contributed by atoms with E-state index in [9.17, 15) is 10.2 Å². The highest BCUT2D eigenvalue weighted by atomic mass is 16.5. The largest absolute Gasteiger partial charge is 0.490 e. The first kappa shape index (κ1) is 21.2. The molecule has 1 heterocycles. The molecule has 0 spiro atoms. The summed E-state index contributed by atoms with van der Waals surface area (Å²) in [5, 5.41) is 21.8. The number of rotatable bonds is 10. The molecule has 0 aliphatic carbocycles. The Bertz CT molecular complexity index is 708. The van der Waals surface area contributed by atoms with E-state index in [1.54, 1.807) is 24.4 Å². The van der Waals surface area contributed by atoms with Gasteiger partial charge < -0.3 is 25.4 Å². The summed E-state index contributed by atoms with van der Waals surface area (Å²) >= 11 is 0. The first-order valence-electron chi connectivity index (χ1n) is 9.36. The number of benzene rings is 1. The average Bonchev–Trinajstić information content (AvgIpc) is 2.67. The van der Waals surface area contributed by atoms with Crippen LogP contribution >= 0.6 is 0 Å². The van der Waals surface area contributed by atoms with Crippen LogP contribution in [0.2, 0.25) is 0 Å². The smallest absolute Gasteiger partial charge is 0.161 e. The summed E-state index contributed by atoms with van der Waals surface area (Å²) in [6, 6.07) is 9.95. The first-order valence-corrected chi connectivity index (χ1v) is 9.36. The lowest BCUT2D eigenvalue weighted by molar-refractivity contribution is -0.0547. The fourth-order valence-corrected chi connectivity index (χ4v) is 3.05. The van der Waals surface area contributed by atoms with Crippen molar-refractivity contribution in [2.75, 3.05) is 13.2 Å². The van der Waals surface area contributed by atoms with Gasteiger partial charge in [0.15, 0.2) is 11.5 Å². The van der Waals surface area contributed by atoms with Crippen molar-refractivity contribution in [1.29, 1.82) is 0 Å². The summed E-state index contributed by atoms with van der Waals surface area (Å²) in [5.41, 5.74) is 6.33. The van der Waals surface area contributed by atoms with Gasteiger partial charge in [0.25, 0.3) is 0 Å². The molecule has 2 rings (SSSR count). The summed E-state index contributed by atoms with van der Waals surface area (Å²) in [7, 11) is 0. The van der Waals surface area contributed by atoms with Crippen molar-refractivity contribution in [1.82, 2.24) is 4.98 Å². The molecule has 0 fully saturated rings. The van der Waals surface area contributed by atoms with Gasteiger partial charge in [-0.2, -0.15) is 0 Å². The highest BCUT2D eigenvalue weighted by molar-refractivity contribution is 5.39. The van der Waals surface area contributed by atoms with Crippen molar-refractivity contribution in [3.63, 3.8) is 0 Å². The molecule has 3 unspecified atom stereocenters. The average molecular weight is 374 g/mol. The standard InChI is InChI=1S/C21H30N2O4/c1-4-12-21(25,16-11-10-15(3)23-13-16)20(22)17(24)14-27-19-9-7-6-8-18(19)26-5-2/h6-11,13,17,20,24-25H,4-5,12,14,22H2,1-3H3. The van der Waals surface area contributed by atoms with Crippen molar-refractivity contribution in [3.8, 4) is 11.5 Å². The first-order chi connectivity index (χ1) is 12.9. The molecular formula is C21H30N2O4. The van der Waals surface area contributed by atoms with Crippen molar-refractivity contribution in [2.45, 2.75) is 51.4 Å². The van der Waals surface area contributed by atoms with E-state index in [4.69, 9.17) is 15.2 Å². The van der Waals surface area contributed by atoms with Gasteiger partial charge >= 0.3 is 0 Å². The monoisotopic (exact) mass is 374 g/mol. The van der Waals surface area contributed by atoms with E-state index in [0.29, 0.717) is 36.5 Å². The molecule has 0 saturated heterocycles. The van der Waals surface area contributed by atoms with Gasteiger partial charge in [0.2, 0.25) is 0 Å². The molecular weight excluding hydrogens is 344 g/mol. The Labute approximate surface area is 161 Å². The fraction of sp³-hybridized carbons (Fsp3) is 0.476. The number of aromatic nitrogens is 1. The van der Waals surface area contributed by atoms with Crippen LogP contribution in [0.15, 0.2) is 42.6 Å². The lowest BCUT2D eigenvalue weighted by atomic mass is 9.81. The molecule has 0 aliphatic heterocycles. The van der Waals surface area contributed by atoms with Gasteiger partial charge in [0.05, 0.1) is 12.6 Å². The number of ether oxygens (including phenoxy) is 2. The third-order valence-electron chi connectivity index (χ3n) is 4.57. The third-order valence-corrected chi connectivity index (χ3v) is 4.57. The number of aliphatic hydroxyl groups excluding tert-OH is 1. The summed E-state index contributed by atoms with van der Waals surface area (Å²) in [5.74, 6) is 1.13. The number of pyridine rings is 1. The molecule has 3 atom stereocenters. The Morgan fingerprint density at radius 2 is 1.78 bits per heavy atom. The maximum Gasteiger partial charge on any atom is 0.161 e. The fourth-order valence-electron chi connectivity index (χ4n) is 3.05. The zero-order valence-electron chi connectivity index (χ0n) is 16.3. The van der Waals surface area contributed by atoms with Crippen LogP contribution in [0.1, 0.15) is 37.9 Å². The molecule has 4 N–H and O–H groups in total. The number of aryl methyl sites for hydroxylation is 1. The minimum Gasteiger partial charge on any atom is -0.490 e. The second-order valence-electron chi connectivity index (χ2n) is 6.65. The summed E-state index contributed by atoms with van der Waals surface area (Å²) in [6.45, 7) is 6.18.